The van der Waals surface area contributed by atoms with Crippen LogP contribution in [0.25, 0.3) is 0 Å². The normalized spacial score (nSPS) is 25.4. The van der Waals surface area contributed by atoms with Crippen LogP contribution in [0.2, 0.25) is 0 Å². The molecule has 0 heterocycles. The van der Waals surface area contributed by atoms with Crippen LogP contribution in [0, 0.1) is 0 Å². The Kier molecular flexibility index (Phi) is 6.60. The predicted octanol–water partition coefficient (Wildman–Crippen LogP) is 0.628. The van der Waals surface area contributed by atoms with E-state index in [4.69, 9.17) is 5.11 Å². The van der Waals surface area contributed by atoms with Gasteiger partial charge in [-0.15, -0.1) is 0 Å². The van der Waals surface area contributed by atoms with Crippen LogP contribution >= 0.6 is 0 Å². The van der Waals surface area contributed by atoms with Crippen LogP contribution in [0.3, 0.4) is 0 Å². The molecule has 0 aromatic carbocycles. The molecule has 2 N–H and O–H groups in total. The van der Waals surface area contributed by atoms with Crippen molar-refractivity contribution in [2.45, 2.75) is 44.2 Å². The number of aliphatic hydroxyl groups is 1. The Morgan fingerprint density at radius 2 is 1.83 bits per heavy atom. The van der Waals surface area contributed by atoms with E-state index in [-0.39, 0.29) is 18.7 Å². The third kappa shape index (κ3) is 5.33. The third-order valence-electron chi connectivity index (χ3n) is 3.59. The van der Waals surface area contributed by atoms with Crippen molar-refractivity contribution in [1.29, 1.82) is 0 Å². The Balaban J connectivity index is 2.62. The van der Waals surface area contributed by atoms with E-state index in [1.54, 1.807) is 0 Å². The molecule has 1 fully saturated rings. The molecule has 5 heteroatoms. The lowest BCUT2D eigenvalue weighted by atomic mass is 10.0. The molecule has 0 amide bonds. The van der Waals surface area contributed by atoms with Crippen molar-refractivity contribution in [2.24, 2.45) is 0 Å². The number of rotatable bonds is 6. The number of likely N-dealkylation sites (N-methyl/N-ethyl adjacent to an activating group) is 1. The molecule has 0 aromatic heterocycles. The molecule has 106 valence electrons. The van der Waals surface area contributed by atoms with E-state index in [0.717, 1.165) is 38.6 Å². The average Bonchev–Trinajstić information content (AvgIpc) is 2.48. The van der Waals surface area contributed by atoms with E-state index >= 15 is 0 Å². The van der Waals surface area contributed by atoms with E-state index in [2.05, 4.69) is 0 Å². The van der Waals surface area contributed by atoms with Gasteiger partial charge in [-0.3, -0.25) is 9.69 Å². The van der Waals surface area contributed by atoms with E-state index in [1.807, 2.05) is 23.9 Å². The van der Waals surface area contributed by atoms with E-state index in [9.17, 15) is 9.90 Å². The first kappa shape index (κ1) is 15.4. The highest BCUT2D eigenvalue weighted by atomic mass is 16.4. The minimum atomic E-state index is -0.815. The van der Waals surface area contributed by atoms with Crippen LogP contribution in [0.1, 0.15) is 32.1 Å². The second-order valence-corrected chi connectivity index (χ2v) is 5.44. The molecule has 2 atom stereocenters. The van der Waals surface area contributed by atoms with Crippen molar-refractivity contribution in [3.05, 3.63) is 0 Å². The van der Waals surface area contributed by atoms with Gasteiger partial charge in [-0.25, -0.2) is 0 Å². The minimum Gasteiger partial charge on any atom is -0.480 e. The van der Waals surface area contributed by atoms with Gasteiger partial charge < -0.3 is 15.1 Å². The van der Waals surface area contributed by atoms with Crippen LogP contribution in [-0.4, -0.2) is 71.9 Å². The van der Waals surface area contributed by atoms with Gasteiger partial charge >= 0.3 is 5.97 Å². The Bertz CT molecular complexity index is 259. The van der Waals surface area contributed by atoms with Gasteiger partial charge in [-0.05, 0) is 26.9 Å². The first-order chi connectivity index (χ1) is 8.50. The van der Waals surface area contributed by atoms with Crippen LogP contribution in [0.15, 0.2) is 0 Å². The Morgan fingerprint density at radius 3 is 2.44 bits per heavy atom. The summed E-state index contributed by atoms with van der Waals surface area (Å²) in [6.45, 7) is 1.53. The molecule has 1 aliphatic rings. The fourth-order valence-corrected chi connectivity index (χ4v) is 2.56. The largest absolute Gasteiger partial charge is 0.480 e. The van der Waals surface area contributed by atoms with Crippen molar-refractivity contribution >= 4 is 5.97 Å². The summed E-state index contributed by atoms with van der Waals surface area (Å²) < 4.78 is 0. The molecule has 0 spiro atoms. The lowest BCUT2D eigenvalue weighted by Crippen LogP contribution is -2.48. The molecular formula is C13H26N2O3. The topological polar surface area (TPSA) is 64.0 Å². The van der Waals surface area contributed by atoms with Gasteiger partial charge in [-0.2, -0.15) is 0 Å². The van der Waals surface area contributed by atoms with Crippen LogP contribution in [0.4, 0.5) is 0 Å². The molecule has 1 saturated carbocycles. The minimum absolute atomic E-state index is 0.00329. The molecule has 0 radical (unpaired) electrons. The second kappa shape index (κ2) is 7.71. The molecule has 0 aliphatic heterocycles. The van der Waals surface area contributed by atoms with Crippen molar-refractivity contribution in [3.63, 3.8) is 0 Å². The quantitative estimate of drug-likeness (QED) is 0.684. The fraction of sp³-hybridized carbons (Fsp3) is 0.923. The number of carboxylic acid groups (broad SMARTS) is 1. The summed E-state index contributed by atoms with van der Waals surface area (Å²) in [5.74, 6) is -0.815. The number of carbonyl (C=O) groups is 1. The number of hydrogen-bond donors (Lipinski definition) is 2. The number of hydrogen-bond acceptors (Lipinski definition) is 4. The summed E-state index contributed by atoms with van der Waals surface area (Å²) >= 11 is 0. The maximum Gasteiger partial charge on any atom is 0.317 e. The van der Waals surface area contributed by atoms with Crippen molar-refractivity contribution in [1.82, 2.24) is 9.80 Å². The first-order valence-electron chi connectivity index (χ1n) is 6.79. The zero-order chi connectivity index (χ0) is 13.5. The third-order valence-corrected chi connectivity index (χ3v) is 3.59. The highest BCUT2D eigenvalue weighted by Crippen LogP contribution is 2.22. The van der Waals surface area contributed by atoms with E-state index in [0.29, 0.717) is 6.54 Å². The molecular weight excluding hydrogens is 232 g/mol. The molecule has 18 heavy (non-hydrogen) atoms. The van der Waals surface area contributed by atoms with Crippen molar-refractivity contribution in [3.8, 4) is 0 Å². The highest BCUT2D eigenvalue weighted by molar-refractivity contribution is 5.69. The second-order valence-electron chi connectivity index (χ2n) is 5.44. The number of aliphatic hydroxyl groups excluding tert-OH is 1. The Labute approximate surface area is 109 Å². The van der Waals surface area contributed by atoms with Gasteiger partial charge in [0.2, 0.25) is 0 Å². The Morgan fingerprint density at radius 1 is 1.17 bits per heavy atom. The van der Waals surface area contributed by atoms with Gasteiger partial charge in [0, 0.05) is 19.1 Å². The van der Waals surface area contributed by atoms with Gasteiger partial charge in [0.1, 0.15) is 0 Å². The van der Waals surface area contributed by atoms with Gasteiger partial charge in [0.25, 0.3) is 0 Å². The van der Waals surface area contributed by atoms with E-state index in [1.165, 1.54) is 0 Å². The van der Waals surface area contributed by atoms with Crippen LogP contribution in [-0.2, 0) is 4.79 Å². The molecule has 5 nitrogen and oxygen atoms in total. The standard InChI is InChI=1S/C13H26N2O3/c1-14(2)8-9-15(10-13(17)18)11-6-4-3-5-7-12(11)16/h11-12,16H,3-10H2,1-2H3,(H,17,18). The molecule has 1 rings (SSSR count). The highest BCUT2D eigenvalue weighted by Gasteiger charge is 2.28. The number of carboxylic acids is 1. The monoisotopic (exact) mass is 258 g/mol. The van der Waals surface area contributed by atoms with Crippen molar-refractivity contribution in [2.75, 3.05) is 33.7 Å². The number of aliphatic carboxylic acids is 1. The van der Waals surface area contributed by atoms with Gasteiger partial charge in [0.05, 0.1) is 12.6 Å². The molecule has 0 aromatic rings. The maximum absolute atomic E-state index is 11.0. The van der Waals surface area contributed by atoms with Gasteiger partial charge in [-0.1, -0.05) is 19.3 Å². The maximum atomic E-state index is 11.0. The Hall–Kier alpha value is -0.650. The smallest absolute Gasteiger partial charge is 0.317 e. The zero-order valence-corrected chi connectivity index (χ0v) is 11.5. The summed E-state index contributed by atoms with van der Waals surface area (Å²) in [5.41, 5.74) is 0. The lowest BCUT2D eigenvalue weighted by Gasteiger charge is -2.33. The SMILES string of the molecule is CN(C)CCN(CC(=O)O)C1CCCCCC1O. The zero-order valence-electron chi connectivity index (χ0n) is 11.5. The summed E-state index contributed by atoms with van der Waals surface area (Å²) in [6, 6.07) is 0.00329. The van der Waals surface area contributed by atoms with Gasteiger partial charge in [0.15, 0.2) is 0 Å². The summed E-state index contributed by atoms with van der Waals surface area (Å²) in [4.78, 5) is 14.9. The predicted molar refractivity (Wildman–Crippen MR) is 70.6 cm³/mol. The summed E-state index contributed by atoms with van der Waals surface area (Å²) in [6.07, 6.45) is 4.59. The molecule has 0 bridgehead atoms. The fourth-order valence-electron chi connectivity index (χ4n) is 2.56. The molecule has 0 saturated heterocycles. The molecule has 1 aliphatic carbocycles. The van der Waals surface area contributed by atoms with Crippen LogP contribution in [0.5, 0.6) is 0 Å². The van der Waals surface area contributed by atoms with Crippen molar-refractivity contribution < 1.29 is 15.0 Å². The lowest BCUT2D eigenvalue weighted by molar-refractivity contribution is -0.139. The number of nitrogens with zero attached hydrogens (tertiary/aromatic N) is 2. The van der Waals surface area contributed by atoms with E-state index < -0.39 is 5.97 Å². The first-order valence-corrected chi connectivity index (χ1v) is 6.79. The van der Waals surface area contributed by atoms with Crippen LogP contribution < -0.4 is 0 Å². The summed E-state index contributed by atoms with van der Waals surface area (Å²) in [7, 11) is 3.95. The molecule has 2 unspecified atom stereocenters. The summed E-state index contributed by atoms with van der Waals surface area (Å²) in [5, 5.41) is 19.1. The average molecular weight is 258 g/mol.